The van der Waals surface area contributed by atoms with E-state index in [1.54, 1.807) is 10.7 Å². The minimum absolute atomic E-state index is 0.183. The van der Waals surface area contributed by atoms with Crippen molar-refractivity contribution in [1.82, 2.24) is 9.78 Å². The number of para-hydroxylation sites is 1. The van der Waals surface area contributed by atoms with Crippen LogP contribution in [0.25, 0.3) is 5.69 Å². The third-order valence-electron chi connectivity index (χ3n) is 3.71. The van der Waals surface area contributed by atoms with Gasteiger partial charge in [0.1, 0.15) is 5.69 Å². The van der Waals surface area contributed by atoms with E-state index in [4.69, 9.17) is 0 Å². The lowest BCUT2D eigenvalue weighted by molar-refractivity contribution is 0.101. The summed E-state index contributed by atoms with van der Waals surface area (Å²) in [6.45, 7) is 1.88. The van der Waals surface area contributed by atoms with E-state index in [9.17, 15) is 4.79 Å². The second-order valence-corrected chi connectivity index (χ2v) is 5.81. The maximum Gasteiger partial charge on any atom is 0.274 e. The number of aromatic nitrogens is 2. The van der Waals surface area contributed by atoms with Crippen LogP contribution >= 0.6 is 0 Å². The Morgan fingerprint density at radius 3 is 2.33 bits per heavy atom. The van der Waals surface area contributed by atoms with E-state index in [-0.39, 0.29) is 5.91 Å². The van der Waals surface area contributed by atoms with Crippen LogP contribution in [-0.2, 0) is 0 Å². The van der Waals surface area contributed by atoms with Gasteiger partial charge in [0.05, 0.1) is 11.4 Å². The van der Waals surface area contributed by atoms with E-state index >= 15 is 0 Å². The largest absolute Gasteiger partial charge is 0.378 e. The van der Waals surface area contributed by atoms with Gasteiger partial charge in [0.2, 0.25) is 0 Å². The molecule has 0 spiro atoms. The molecule has 0 aliphatic heterocycles. The monoisotopic (exact) mass is 320 g/mol. The van der Waals surface area contributed by atoms with Crippen LogP contribution in [0, 0.1) is 6.92 Å². The predicted octanol–water partition coefficient (Wildman–Crippen LogP) is 3.50. The Kier molecular flexibility index (Phi) is 4.33. The molecule has 0 atom stereocenters. The molecular weight excluding hydrogens is 300 g/mol. The number of aryl methyl sites for hydroxylation is 1. The number of rotatable bonds is 4. The first-order valence-electron chi connectivity index (χ1n) is 7.75. The van der Waals surface area contributed by atoms with E-state index in [0.717, 1.165) is 22.8 Å². The Hall–Kier alpha value is -3.08. The van der Waals surface area contributed by atoms with E-state index in [0.29, 0.717) is 5.69 Å². The van der Waals surface area contributed by atoms with Gasteiger partial charge in [0.25, 0.3) is 5.91 Å². The molecule has 0 saturated heterocycles. The van der Waals surface area contributed by atoms with E-state index in [1.165, 1.54) is 0 Å². The zero-order chi connectivity index (χ0) is 17.1. The Labute approximate surface area is 141 Å². The van der Waals surface area contributed by atoms with Gasteiger partial charge >= 0.3 is 0 Å². The molecule has 2 aromatic carbocycles. The number of benzene rings is 2. The molecule has 3 rings (SSSR count). The second kappa shape index (κ2) is 6.58. The fraction of sp³-hybridized carbons (Fsp3) is 0.158. The van der Waals surface area contributed by atoms with Crippen molar-refractivity contribution in [3.8, 4) is 5.69 Å². The maximum absolute atomic E-state index is 12.7. The van der Waals surface area contributed by atoms with E-state index in [1.807, 2.05) is 80.5 Å². The summed E-state index contributed by atoms with van der Waals surface area (Å²) in [6, 6.07) is 19.1. The standard InChI is InChI=1S/C19H20N4O/c1-14-13-18(23(21-14)17-7-5-4-6-8-17)19(24)20-15-9-11-16(12-10-15)22(2)3/h4-13H,1-3H3,(H,20,24). The molecule has 1 N–H and O–H groups in total. The first-order chi connectivity index (χ1) is 11.5. The molecule has 0 unspecified atom stereocenters. The molecule has 1 aromatic heterocycles. The first kappa shape index (κ1) is 15.8. The van der Waals surface area contributed by atoms with Crippen molar-refractivity contribution in [2.75, 3.05) is 24.3 Å². The lowest BCUT2D eigenvalue weighted by Crippen LogP contribution is -2.17. The van der Waals surface area contributed by atoms with Gasteiger partial charge in [-0.15, -0.1) is 0 Å². The van der Waals surface area contributed by atoms with Crippen LogP contribution < -0.4 is 10.2 Å². The highest BCUT2D eigenvalue weighted by Gasteiger charge is 2.15. The number of hydrogen-bond acceptors (Lipinski definition) is 3. The van der Waals surface area contributed by atoms with Crippen molar-refractivity contribution in [1.29, 1.82) is 0 Å². The molecule has 3 aromatic rings. The van der Waals surface area contributed by atoms with Crippen LogP contribution in [0.4, 0.5) is 11.4 Å². The Morgan fingerprint density at radius 1 is 1.04 bits per heavy atom. The van der Waals surface area contributed by atoms with Crippen molar-refractivity contribution >= 4 is 17.3 Å². The number of nitrogens with one attached hydrogen (secondary N) is 1. The van der Waals surface area contributed by atoms with Crippen molar-refractivity contribution in [3.63, 3.8) is 0 Å². The molecule has 0 aliphatic carbocycles. The number of anilines is 2. The zero-order valence-electron chi connectivity index (χ0n) is 14.0. The highest BCUT2D eigenvalue weighted by molar-refractivity contribution is 6.03. The molecule has 0 aliphatic rings. The number of nitrogens with zero attached hydrogens (tertiary/aromatic N) is 3. The van der Waals surface area contributed by atoms with Crippen LogP contribution in [0.3, 0.4) is 0 Å². The molecule has 122 valence electrons. The summed E-state index contributed by atoms with van der Waals surface area (Å²) in [7, 11) is 3.96. The number of carbonyl (C=O) groups excluding carboxylic acids is 1. The fourth-order valence-corrected chi connectivity index (χ4v) is 2.47. The number of hydrogen-bond donors (Lipinski definition) is 1. The average molecular weight is 320 g/mol. The van der Waals surface area contributed by atoms with Crippen LogP contribution in [0.15, 0.2) is 60.7 Å². The second-order valence-electron chi connectivity index (χ2n) is 5.81. The third kappa shape index (κ3) is 3.30. The van der Waals surface area contributed by atoms with Crippen LogP contribution in [0.5, 0.6) is 0 Å². The molecule has 0 bridgehead atoms. The van der Waals surface area contributed by atoms with Gasteiger partial charge < -0.3 is 10.2 Å². The fourth-order valence-electron chi connectivity index (χ4n) is 2.47. The Bertz CT molecular complexity index is 836. The highest BCUT2D eigenvalue weighted by atomic mass is 16.2. The molecule has 1 heterocycles. The number of amides is 1. The van der Waals surface area contributed by atoms with Crippen LogP contribution in [0.1, 0.15) is 16.2 Å². The van der Waals surface area contributed by atoms with Gasteiger partial charge in [-0.05, 0) is 49.4 Å². The van der Waals surface area contributed by atoms with Gasteiger partial charge in [-0.2, -0.15) is 5.10 Å². The number of carbonyl (C=O) groups is 1. The summed E-state index contributed by atoms with van der Waals surface area (Å²) in [6.07, 6.45) is 0. The lowest BCUT2D eigenvalue weighted by atomic mass is 10.2. The first-order valence-corrected chi connectivity index (χ1v) is 7.75. The van der Waals surface area contributed by atoms with Crippen molar-refractivity contribution in [2.45, 2.75) is 6.92 Å². The topological polar surface area (TPSA) is 50.2 Å². The van der Waals surface area contributed by atoms with Gasteiger partial charge in [0, 0.05) is 25.5 Å². The molecule has 0 radical (unpaired) electrons. The minimum Gasteiger partial charge on any atom is -0.378 e. The smallest absolute Gasteiger partial charge is 0.274 e. The zero-order valence-corrected chi connectivity index (χ0v) is 14.0. The van der Waals surface area contributed by atoms with Crippen molar-refractivity contribution in [2.24, 2.45) is 0 Å². The van der Waals surface area contributed by atoms with Crippen LogP contribution in [-0.4, -0.2) is 29.8 Å². The van der Waals surface area contributed by atoms with Gasteiger partial charge in [-0.25, -0.2) is 4.68 Å². The average Bonchev–Trinajstić information content (AvgIpc) is 2.98. The third-order valence-corrected chi connectivity index (χ3v) is 3.71. The quantitative estimate of drug-likeness (QED) is 0.800. The predicted molar refractivity (Wildman–Crippen MR) is 97.0 cm³/mol. The molecular formula is C19H20N4O. The SMILES string of the molecule is Cc1cc(C(=O)Nc2ccc(N(C)C)cc2)n(-c2ccccc2)n1. The Morgan fingerprint density at radius 2 is 1.71 bits per heavy atom. The highest BCUT2D eigenvalue weighted by Crippen LogP contribution is 2.18. The molecule has 5 nitrogen and oxygen atoms in total. The Balaban J connectivity index is 1.85. The maximum atomic E-state index is 12.7. The van der Waals surface area contributed by atoms with E-state index in [2.05, 4.69) is 10.4 Å². The van der Waals surface area contributed by atoms with Crippen molar-refractivity contribution < 1.29 is 4.79 Å². The van der Waals surface area contributed by atoms with Gasteiger partial charge in [0.15, 0.2) is 0 Å². The molecule has 1 amide bonds. The summed E-state index contributed by atoms with van der Waals surface area (Å²) < 4.78 is 1.67. The van der Waals surface area contributed by atoms with E-state index < -0.39 is 0 Å². The molecule has 0 fully saturated rings. The molecule has 24 heavy (non-hydrogen) atoms. The normalized spacial score (nSPS) is 10.5. The van der Waals surface area contributed by atoms with Gasteiger partial charge in [-0.3, -0.25) is 4.79 Å². The summed E-state index contributed by atoms with van der Waals surface area (Å²) in [5.41, 5.74) is 4.00. The summed E-state index contributed by atoms with van der Waals surface area (Å²) in [5, 5.41) is 7.36. The minimum atomic E-state index is -0.183. The van der Waals surface area contributed by atoms with Crippen molar-refractivity contribution in [3.05, 3.63) is 72.1 Å². The van der Waals surface area contributed by atoms with Crippen LogP contribution in [0.2, 0.25) is 0 Å². The lowest BCUT2D eigenvalue weighted by Gasteiger charge is -2.13. The molecule has 0 saturated carbocycles. The summed E-state index contributed by atoms with van der Waals surface area (Å²) >= 11 is 0. The van der Waals surface area contributed by atoms with Gasteiger partial charge in [-0.1, -0.05) is 18.2 Å². The summed E-state index contributed by atoms with van der Waals surface area (Å²) in [4.78, 5) is 14.7. The molecule has 5 heteroatoms. The summed E-state index contributed by atoms with van der Waals surface area (Å²) in [5.74, 6) is -0.183.